The minimum atomic E-state index is -3.70. The number of nitrogens with one attached hydrogen (secondary N) is 2. The van der Waals surface area contributed by atoms with Gasteiger partial charge in [-0.1, -0.05) is 36.4 Å². The quantitative estimate of drug-likeness (QED) is 0.434. The highest BCUT2D eigenvalue weighted by Crippen LogP contribution is 2.18. The molecule has 1 aromatic heterocycles. The summed E-state index contributed by atoms with van der Waals surface area (Å²) in [6, 6.07) is 19.8. The molecule has 3 rings (SSSR count). The largest absolute Gasteiger partial charge is 0.387 e. The first-order valence-electron chi connectivity index (χ1n) is 9.65. The predicted molar refractivity (Wildman–Crippen MR) is 120 cm³/mol. The number of pyridine rings is 1. The zero-order valence-corrected chi connectivity index (χ0v) is 17.6. The molecule has 0 saturated carbocycles. The third-order valence-electron chi connectivity index (χ3n) is 4.68. The smallest absolute Gasteiger partial charge is 0.323 e. The summed E-state index contributed by atoms with van der Waals surface area (Å²) in [7, 11) is -2.19. The SMILES string of the molecule is CN(c1ccccc1)S(=O)(=O)Nc1ccc(CCNCC(O)c2cccnc2)cc1. The average Bonchev–Trinajstić information content (AvgIpc) is 2.78. The molecule has 0 amide bonds. The van der Waals surface area contributed by atoms with E-state index in [1.165, 1.54) is 11.4 Å². The standard InChI is InChI=1S/C22H26N4O3S/c1-26(21-7-3-2-4-8-21)30(28,29)25-20-11-9-18(10-12-20)13-15-24-17-22(27)19-6-5-14-23-16-19/h2-12,14,16,22,24-25,27H,13,15,17H2,1H3. The van der Waals surface area contributed by atoms with E-state index in [2.05, 4.69) is 15.0 Å². The first kappa shape index (κ1) is 21.8. The van der Waals surface area contributed by atoms with E-state index in [0.717, 1.165) is 17.5 Å². The third kappa shape index (κ3) is 6.03. The maximum Gasteiger partial charge on any atom is 0.323 e. The Bertz CT molecular complexity index is 1010. The lowest BCUT2D eigenvalue weighted by atomic mass is 10.1. The Balaban J connectivity index is 1.48. The van der Waals surface area contributed by atoms with Crippen molar-refractivity contribution in [3.05, 3.63) is 90.3 Å². The molecule has 2 aromatic carbocycles. The summed E-state index contributed by atoms with van der Waals surface area (Å²) >= 11 is 0. The number of para-hydroxylation sites is 1. The van der Waals surface area contributed by atoms with Crippen LogP contribution in [0.15, 0.2) is 79.1 Å². The van der Waals surface area contributed by atoms with E-state index < -0.39 is 16.3 Å². The number of aliphatic hydroxyl groups excluding tert-OH is 1. The molecule has 0 aliphatic heterocycles. The van der Waals surface area contributed by atoms with Crippen LogP contribution >= 0.6 is 0 Å². The summed E-state index contributed by atoms with van der Waals surface area (Å²) in [5.74, 6) is 0. The van der Waals surface area contributed by atoms with E-state index in [0.29, 0.717) is 24.5 Å². The summed E-state index contributed by atoms with van der Waals surface area (Å²) in [4.78, 5) is 4.00. The topological polar surface area (TPSA) is 94.6 Å². The molecular weight excluding hydrogens is 400 g/mol. The maximum absolute atomic E-state index is 12.6. The second-order valence-electron chi connectivity index (χ2n) is 6.86. The molecule has 0 fully saturated rings. The van der Waals surface area contributed by atoms with E-state index in [9.17, 15) is 13.5 Å². The fourth-order valence-corrected chi connectivity index (χ4v) is 3.87. The molecule has 3 aromatic rings. The average molecular weight is 427 g/mol. The lowest BCUT2D eigenvalue weighted by molar-refractivity contribution is 0.174. The molecule has 1 atom stereocenters. The van der Waals surface area contributed by atoms with Gasteiger partial charge in [0.15, 0.2) is 0 Å². The first-order chi connectivity index (χ1) is 14.5. The summed E-state index contributed by atoms with van der Waals surface area (Å²) in [6.45, 7) is 1.13. The number of hydrogen-bond donors (Lipinski definition) is 3. The normalized spacial score (nSPS) is 12.3. The number of anilines is 2. The zero-order chi connectivity index (χ0) is 21.4. The van der Waals surface area contributed by atoms with Gasteiger partial charge < -0.3 is 10.4 Å². The molecule has 0 saturated heterocycles. The molecule has 3 N–H and O–H groups in total. The Hall–Kier alpha value is -2.94. The van der Waals surface area contributed by atoms with Crippen molar-refractivity contribution in [1.82, 2.24) is 10.3 Å². The molecule has 1 heterocycles. The molecule has 0 spiro atoms. The van der Waals surface area contributed by atoms with Gasteiger partial charge in [0.05, 0.1) is 17.5 Å². The molecule has 8 heteroatoms. The minimum Gasteiger partial charge on any atom is -0.387 e. The lowest BCUT2D eigenvalue weighted by Crippen LogP contribution is -2.32. The predicted octanol–water partition coefficient (Wildman–Crippen LogP) is 2.74. The van der Waals surface area contributed by atoms with Gasteiger partial charge in [-0.15, -0.1) is 0 Å². The maximum atomic E-state index is 12.6. The summed E-state index contributed by atoms with van der Waals surface area (Å²) < 4.78 is 28.9. The van der Waals surface area contributed by atoms with E-state index >= 15 is 0 Å². The van der Waals surface area contributed by atoms with Gasteiger partial charge in [-0.05, 0) is 48.9 Å². The Morgan fingerprint density at radius 3 is 2.43 bits per heavy atom. The van der Waals surface area contributed by atoms with Gasteiger partial charge in [0.25, 0.3) is 0 Å². The van der Waals surface area contributed by atoms with Crippen molar-refractivity contribution in [1.29, 1.82) is 0 Å². The Morgan fingerprint density at radius 2 is 1.77 bits per heavy atom. The number of nitrogens with zero attached hydrogens (tertiary/aromatic N) is 2. The lowest BCUT2D eigenvalue weighted by Gasteiger charge is -2.20. The second kappa shape index (κ2) is 10.2. The highest BCUT2D eigenvalue weighted by Gasteiger charge is 2.17. The van der Waals surface area contributed by atoms with Crippen molar-refractivity contribution in [2.75, 3.05) is 29.2 Å². The van der Waals surface area contributed by atoms with Crippen molar-refractivity contribution in [3.8, 4) is 0 Å². The van der Waals surface area contributed by atoms with Crippen LogP contribution in [0, 0.1) is 0 Å². The van der Waals surface area contributed by atoms with Gasteiger partial charge in [-0.2, -0.15) is 8.42 Å². The molecule has 0 aliphatic rings. The Morgan fingerprint density at radius 1 is 1.03 bits per heavy atom. The van der Waals surface area contributed by atoms with Gasteiger partial charge >= 0.3 is 10.2 Å². The number of rotatable bonds is 10. The highest BCUT2D eigenvalue weighted by atomic mass is 32.2. The zero-order valence-electron chi connectivity index (χ0n) is 16.8. The van der Waals surface area contributed by atoms with E-state index in [1.807, 2.05) is 24.3 Å². The van der Waals surface area contributed by atoms with Crippen LogP contribution in [-0.2, 0) is 16.6 Å². The molecule has 30 heavy (non-hydrogen) atoms. The number of benzene rings is 2. The molecular formula is C22H26N4O3S. The third-order valence-corrected chi connectivity index (χ3v) is 6.10. The van der Waals surface area contributed by atoms with Crippen LogP contribution in [-0.4, -0.2) is 38.6 Å². The highest BCUT2D eigenvalue weighted by molar-refractivity contribution is 7.94. The van der Waals surface area contributed by atoms with Gasteiger partial charge in [0, 0.05) is 31.5 Å². The number of aliphatic hydroxyl groups is 1. The van der Waals surface area contributed by atoms with E-state index in [-0.39, 0.29) is 0 Å². The van der Waals surface area contributed by atoms with Crippen LogP contribution in [0.5, 0.6) is 0 Å². The second-order valence-corrected chi connectivity index (χ2v) is 8.57. The van der Waals surface area contributed by atoms with Crippen molar-refractivity contribution in [2.24, 2.45) is 0 Å². The van der Waals surface area contributed by atoms with Crippen LogP contribution in [0.4, 0.5) is 11.4 Å². The molecule has 0 radical (unpaired) electrons. The first-order valence-corrected chi connectivity index (χ1v) is 11.1. The van der Waals surface area contributed by atoms with Crippen LogP contribution in [0.3, 0.4) is 0 Å². The van der Waals surface area contributed by atoms with Crippen LogP contribution in [0.2, 0.25) is 0 Å². The van der Waals surface area contributed by atoms with Gasteiger partial charge in [-0.3, -0.25) is 14.0 Å². The van der Waals surface area contributed by atoms with Crippen molar-refractivity contribution in [2.45, 2.75) is 12.5 Å². The molecule has 0 aliphatic carbocycles. The van der Waals surface area contributed by atoms with Crippen molar-refractivity contribution in [3.63, 3.8) is 0 Å². The fourth-order valence-electron chi connectivity index (χ4n) is 2.90. The number of hydrogen-bond acceptors (Lipinski definition) is 5. The summed E-state index contributed by atoms with van der Waals surface area (Å²) in [5, 5.41) is 13.3. The molecule has 158 valence electrons. The van der Waals surface area contributed by atoms with Gasteiger partial charge in [-0.25, -0.2) is 0 Å². The summed E-state index contributed by atoms with van der Waals surface area (Å²) in [5.41, 5.74) is 2.93. The van der Waals surface area contributed by atoms with Crippen LogP contribution in [0.25, 0.3) is 0 Å². The Labute approximate surface area is 177 Å². The Kier molecular flexibility index (Phi) is 7.40. The molecule has 0 bridgehead atoms. The molecule has 7 nitrogen and oxygen atoms in total. The van der Waals surface area contributed by atoms with Gasteiger partial charge in [0.1, 0.15) is 0 Å². The van der Waals surface area contributed by atoms with Crippen molar-refractivity contribution < 1.29 is 13.5 Å². The van der Waals surface area contributed by atoms with Crippen LogP contribution < -0.4 is 14.3 Å². The number of aromatic nitrogens is 1. The summed E-state index contributed by atoms with van der Waals surface area (Å²) in [6.07, 6.45) is 3.49. The minimum absolute atomic E-state index is 0.440. The van der Waals surface area contributed by atoms with Gasteiger partial charge in [0.2, 0.25) is 0 Å². The molecule has 1 unspecified atom stereocenters. The van der Waals surface area contributed by atoms with E-state index in [4.69, 9.17) is 0 Å². The van der Waals surface area contributed by atoms with Crippen molar-refractivity contribution >= 4 is 21.6 Å². The fraction of sp³-hybridized carbons (Fsp3) is 0.227. The monoisotopic (exact) mass is 426 g/mol. The van der Waals surface area contributed by atoms with E-state index in [1.54, 1.807) is 54.9 Å². The van der Waals surface area contributed by atoms with Crippen LogP contribution in [0.1, 0.15) is 17.2 Å².